The maximum Gasteiger partial charge on any atom is 0.519 e. The lowest BCUT2D eigenvalue weighted by Crippen LogP contribution is -2.27. The zero-order valence-corrected chi connectivity index (χ0v) is 5.14. The van der Waals surface area contributed by atoms with Crippen LogP contribution in [0.1, 0.15) is 0 Å². The Balaban J connectivity index is 2.84. The Labute approximate surface area is 58.0 Å². The van der Waals surface area contributed by atoms with Gasteiger partial charge in [0, 0.05) is 12.4 Å². The standard InChI is InChI=1S/C5H5BN2O2/c9-6(8-10)5-2-1-3-7-4-5/h1-4,9H. The third kappa shape index (κ3) is 1.38. The number of nitroso groups, excluding NO2 is 1. The summed E-state index contributed by atoms with van der Waals surface area (Å²) in [7, 11) is -1.28. The molecule has 0 aliphatic heterocycles. The van der Waals surface area contributed by atoms with Gasteiger partial charge in [0.05, 0.1) is 0 Å². The summed E-state index contributed by atoms with van der Waals surface area (Å²) in [4.78, 5) is 13.5. The third-order valence-electron chi connectivity index (χ3n) is 1.08. The van der Waals surface area contributed by atoms with E-state index in [1.54, 1.807) is 18.3 Å². The largest absolute Gasteiger partial charge is 0.519 e. The molecule has 1 aromatic rings. The van der Waals surface area contributed by atoms with Crippen molar-refractivity contribution in [2.75, 3.05) is 0 Å². The van der Waals surface area contributed by atoms with Crippen LogP contribution in [0.2, 0.25) is 0 Å². The molecule has 0 saturated heterocycles. The summed E-state index contributed by atoms with van der Waals surface area (Å²) in [5, 5.41) is 11.2. The summed E-state index contributed by atoms with van der Waals surface area (Å²) >= 11 is 0. The van der Waals surface area contributed by atoms with Crippen molar-refractivity contribution in [2.24, 2.45) is 5.09 Å². The van der Waals surface area contributed by atoms with Crippen molar-refractivity contribution in [3.05, 3.63) is 29.4 Å². The van der Waals surface area contributed by atoms with E-state index < -0.39 is 7.05 Å². The molecular formula is C5H5BN2O2. The van der Waals surface area contributed by atoms with Crippen molar-refractivity contribution in [1.29, 1.82) is 0 Å². The Morgan fingerprint density at radius 1 is 1.70 bits per heavy atom. The average Bonchev–Trinajstić information content (AvgIpc) is 2.05. The van der Waals surface area contributed by atoms with Crippen LogP contribution in [0.15, 0.2) is 29.6 Å². The molecule has 0 radical (unpaired) electrons. The molecule has 0 saturated carbocycles. The molecule has 0 spiro atoms. The van der Waals surface area contributed by atoms with Crippen molar-refractivity contribution < 1.29 is 5.02 Å². The minimum Gasteiger partial charge on any atom is -0.425 e. The van der Waals surface area contributed by atoms with Gasteiger partial charge in [-0.3, -0.25) is 4.98 Å². The monoisotopic (exact) mass is 136 g/mol. The van der Waals surface area contributed by atoms with E-state index in [1.807, 2.05) is 0 Å². The second-order valence-electron chi connectivity index (χ2n) is 1.77. The molecule has 0 fully saturated rings. The van der Waals surface area contributed by atoms with Crippen LogP contribution in [0, 0.1) is 4.91 Å². The van der Waals surface area contributed by atoms with Gasteiger partial charge >= 0.3 is 7.05 Å². The topological polar surface area (TPSA) is 62.5 Å². The zero-order chi connectivity index (χ0) is 7.40. The van der Waals surface area contributed by atoms with Crippen LogP contribution in [0.5, 0.6) is 0 Å². The highest BCUT2D eigenvalue weighted by Crippen LogP contribution is 1.81. The van der Waals surface area contributed by atoms with Crippen LogP contribution in [0.3, 0.4) is 0 Å². The van der Waals surface area contributed by atoms with E-state index in [0.29, 0.717) is 5.46 Å². The zero-order valence-electron chi connectivity index (χ0n) is 5.14. The molecule has 0 amide bonds. The molecule has 0 aliphatic rings. The number of pyridine rings is 1. The molecule has 1 heterocycles. The maximum atomic E-state index is 9.78. The van der Waals surface area contributed by atoms with Gasteiger partial charge < -0.3 is 5.02 Å². The average molecular weight is 136 g/mol. The fourth-order valence-electron chi connectivity index (χ4n) is 0.590. The number of rotatable bonds is 2. The van der Waals surface area contributed by atoms with Crippen LogP contribution >= 0.6 is 0 Å². The molecule has 0 aromatic carbocycles. The first kappa shape index (κ1) is 6.89. The fourth-order valence-corrected chi connectivity index (χ4v) is 0.590. The van der Waals surface area contributed by atoms with E-state index in [9.17, 15) is 4.91 Å². The van der Waals surface area contributed by atoms with E-state index in [2.05, 4.69) is 10.1 Å². The van der Waals surface area contributed by atoms with Gasteiger partial charge in [0.15, 0.2) is 0 Å². The third-order valence-corrected chi connectivity index (χ3v) is 1.08. The van der Waals surface area contributed by atoms with Gasteiger partial charge in [0.2, 0.25) is 0 Å². The van der Waals surface area contributed by atoms with Gasteiger partial charge in [0.25, 0.3) is 0 Å². The highest BCUT2D eigenvalue weighted by atomic mass is 16.3. The van der Waals surface area contributed by atoms with E-state index in [-0.39, 0.29) is 0 Å². The predicted octanol–water partition coefficient (Wildman–Crippen LogP) is -0.464. The van der Waals surface area contributed by atoms with Crippen LogP contribution in [0.4, 0.5) is 0 Å². The Bertz CT molecular complexity index is 216. The van der Waals surface area contributed by atoms with Crippen LogP contribution in [0.25, 0.3) is 0 Å². The minimum absolute atomic E-state index is 0.414. The molecule has 1 aromatic heterocycles. The second-order valence-corrected chi connectivity index (χ2v) is 1.77. The van der Waals surface area contributed by atoms with Crippen LogP contribution < -0.4 is 5.46 Å². The molecule has 0 atom stereocenters. The lowest BCUT2D eigenvalue weighted by molar-refractivity contribution is 0.587. The van der Waals surface area contributed by atoms with Gasteiger partial charge in [-0.2, -0.15) is 4.91 Å². The second kappa shape index (κ2) is 3.07. The number of aromatic nitrogens is 1. The number of hydrogen-bond acceptors (Lipinski definition) is 4. The van der Waals surface area contributed by atoms with Crippen LogP contribution in [-0.2, 0) is 0 Å². The lowest BCUT2D eigenvalue weighted by Gasteiger charge is -1.92. The molecule has 0 aliphatic carbocycles. The first-order valence-electron chi connectivity index (χ1n) is 2.75. The maximum absolute atomic E-state index is 9.78. The smallest absolute Gasteiger partial charge is 0.425 e. The van der Waals surface area contributed by atoms with Crippen molar-refractivity contribution >= 4 is 12.5 Å². The molecule has 4 nitrogen and oxygen atoms in total. The SMILES string of the molecule is O=NB(O)c1cccnc1. The summed E-state index contributed by atoms with van der Waals surface area (Å²) in [6.45, 7) is 0. The normalized spacial score (nSPS) is 8.90. The molecule has 5 heteroatoms. The van der Waals surface area contributed by atoms with E-state index >= 15 is 0 Å². The van der Waals surface area contributed by atoms with Gasteiger partial charge in [-0.05, 0) is 11.5 Å². The molecule has 0 unspecified atom stereocenters. The number of nitrogens with zero attached hydrogens (tertiary/aromatic N) is 2. The Kier molecular flexibility index (Phi) is 2.12. The summed E-state index contributed by atoms with van der Waals surface area (Å²) in [5.41, 5.74) is 0.414. The van der Waals surface area contributed by atoms with E-state index in [4.69, 9.17) is 5.02 Å². The summed E-state index contributed by atoms with van der Waals surface area (Å²) < 4.78 is 0. The lowest BCUT2D eigenvalue weighted by atomic mass is 9.77. The van der Waals surface area contributed by atoms with E-state index in [0.717, 1.165) is 0 Å². The Morgan fingerprint density at radius 3 is 3.00 bits per heavy atom. The van der Waals surface area contributed by atoms with Crippen molar-refractivity contribution in [2.45, 2.75) is 0 Å². The first-order chi connectivity index (χ1) is 4.84. The summed E-state index contributed by atoms with van der Waals surface area (Å²) in [6.07, 6.45) is 2.95. The van der Waals surface area contributed by atoms with Gasteiger partial charge in [-0.15, -0.1) is 0 Å². The van der Waals surface area contributed by atoms with Crippen molar-refractivity contribution in [3.8, 4) is 0 Å². The first-order valence-corrected chi connectivity index (χ1v) is 2.75. The molecule has 0 bridgehead atoms. The molecular weight excluding hydrogens is 131 g/mol. The molecule has 10 heavy (non-hydrogen) atoms. The van der Waals surface area contributed by atoms with Gasteiger partial charge in [0.1, 0.15) is 0 Å². The summed E-state index contributed by atoms with van der Waals surface area (Å²) in [5.74, 6) is 0. The predicted molar refractivity (Wildman–Crippen MR) is 37.6 cm³/mol. The Morgan fingerprint density at radius 2 is 2.50 bits per heavy atom. The minimum atomic E-state index is -1.28. The Hall–Kier alpha value is -1.23. The van der Waals surface area contributed by atoms with Crippen LogP contribution in [-0.4, -0.2) is 17.1 Å². The van der Waals surface area contributed by atoms with Crippen molar-refractivity contribution in [1.82, 2.24) is 4.98 Å². The fraction of sp³-hybridized carbons (Fsp3) is 0. The molecule has 50 valence electrons. The van der Waals surface area contributed by atoms with Gasteiger partial charge in [-0.25, -0.2) is 0 Å². The highest BCUT2D eigenvalue weighted by Gasteiger charge is 2.14. The van der Waals surface area contributed by atoms with Crippen molar-refractivity contribution in [3.63, 3.8) is 0 Å². The van der Waals surface area contributed by atoms with Gasteiger partial charge in [-0.1, -0.05) is 11.2 Å². The highest BCUT2D eigenvalue weighted by molar-refractivity contribution is 6.64. The number of hydrogen-bond donors (Lipinski definition) is 1. The molecule has 1 N–H and O–H groups in total. The quantitative estimate of drug-likeness (QED) is 0.441. The summed E-state index contributed by atoms with van der Waals surface area (Å²) in [6, 6.07) is 3.21. The molecule has 1 rings (SSSR count). The van der Waals surface area contributed by atoms with E-state index in [1.165, 1.54) is 6.20 Å².